The summed E-state index contributed by atoms with van der Waals surface area (Å²) < 4.78 is 0. The zero-order valence-electron chi connectivity index (χ0n) is 13.2. The summed E-state index contributed by atoms with van der Waals surface area (Å²) in [6.45, 7) is 2.79. The predicted molar refractivity (Wildman–Crippen MR) is 97.1 cm³/mol. The summed E-state index contributed by atoms with van der Waals surface area (Å²) in [5.74, 6) is -0.490. The number of hydrogen-bond acceptors (Lipinski definition) is 2. The SMILES string of the molecule is O=C(O)c1ccc(CN2CCC(c3c(Cl)cccc3Cl)CC2)cc1. The molecule has 0 amide bonds. The molecule has 1 N–H and O–H groups in total. The van der Waals surface area contributed by atoms with Crippen LogP contribution in [0.1, 0.15) is 40.2 Å². The zero-order valence-corrected chi connectivity index (χ0v) is 14.7. The fraction of sp³-hybridized carbons (Fsp3) is 0.316. The Morgan fingerprint density at radius 3 is 2.17 bits per heavy atom. The van der Waals surface area contributed by atoms with Gasteiger partial charge >= 0.3 is 5.97 Å². The lowest BCUT2D eigenvalue weighted by Gasteiger charge is -2.33. The van der Waals surface area contributed by atoms with Crippen LogP contribution < -0.4 is 0 Å². The van der Waals surface area contributed by atoms with E-state index in [1.807, 2.05) is 30.3 Å². The van der Waals surface area contributed by atoms with E-state index in [-0.39, 0.29) is 0 Å². The van der Waals surface area contributed by atoms with E-state index >= 15 is 0 Å². The highest BCUT2D eigenvalue weighted by molar-refractivity contribution is 6.36. The van der Waals surface area contributed by atoms with Gasteiger partial charge in [0, 0.05) is 16.6 Å². The number of benzene rings is 2. The van der Waals surface area contributed by atoms with Crippen LogP contribution in [-0.4, -0.2) is 29.1 Å². The first-order chi connectivity index (χ1) is 11.5. The van der Waals surface area contributed by atoms with Gasteiger partial charge in [0.2, 0.25) is 0 Å². The quantitative estimate of drug-likeness (QED) is 0.823. The van der Waals surface area contributed by atoms with Crippen LogP contribution in [0.5, 0.6) is 0 Å². The van der Waals surface area contributed by atoms with Crippen LogP contribution in [0.25, 0.3) is 0 Å². The van der Waals surface area contributed by atoms with E-state index in [4.69, 9.17) is 28.3 Å². The first-order valence-electron chi connectivity index (χ1n) is 8.03. The number of carbonyl (C=O) groups is 1. The molecular weight excluding hydrogens is 345 g/mol. The average molecular weight is 364 g/mol. The summed E-state index contributed by atoms with van der Waals surface area (Å²) in [4.78, 5) is 13.3. The van der Waals surface area contributed by atoms with Crippen molar-refractivity contribution >= 4 is 29.2 Å². The van der Waals surface area contributed by atoms with Gasteiger partial charge in [0.15, 0.2) is 0 Å². The second kappa shape index (κ2) is 7.56. The highest BCUT2D eigenvalue weighted by atomic mass is 35.5. The molecule has 3 rings (SSSR count). The first kappa shape index (κ1) is 17.3. The minimum absolute atomic E-state index is 0.325. The molecule has 0 atom stereocenters. The molecule has 0 aliphatic carbocycles. The van der Waals surface area contributed by atoms with E-state index in [9.17, 15) is 4.79 Å². The van der Waals surface area contributed by atoms with Gasteiger partial charge in [-0.3, -0.25) is 4.90 Å². The van der Waals surface area contributed by atoms with Crippen molar-refractivity contribution in [2.45, 2.75) is 25.3 Å². The third-order valence-electron chi connectivity index (χ3n) is 4.60. The lowest BCUT2D eigenvalue weighted by Crippen LogP contribution is -2.32. The molecule has 0 spiro atoms. The molecule has 0 unspecified atom stereocenters. The molecule has 1 heterocycles. The molecule has 0 aromatic heterocycles. The third kappa shape index (κ3) is 3.92. The van der Waals surface area contributed by atoms with Crippen molar-refractivity contribution < 1.29 is 9.90 Å². The molecule has 24 heavy (non-hydrogen) atoms. The van der Waals surface area contributed by atoms with Gasteiger partial charge in [-0.15, -0.1) is 0 Å². The first-order valence-corrected chi connectivity index (χ1v) is 8.78. The molecule has 2 aromatic carbocycles. The number of likely N-dealkylation sites (tertiary alicyclic amines) is 1. The number of aromatic carboxylic acids is 1. The molecule has 1 saturated heterocycles. The van der Waals surface area contributed by atoms with Crippen LogP contribution in [0, 0.1) is 0 Å². The highest BCUT2D eigenvalue weighted by Gasteiger charge is 2.24. The van der Waals surface area contributed by atoms with E-state index in [1.165, 1.54) is 0 Å². The van der Waals surface area contributed by atoms with Crippen LogP contribution in [0.4, 0.5) is 0 Å². The Kier molecular flexibility index (Phi) is 5.44. The Hall–Kier alpha value is -1.55. The Balaban J connectivity index is 1.60. The van der Waals surface area contributed by atoms with Gasteiger partial charge in [0.25, 0.3) is 0 Å². The summed E-state index contributed by atoms with van der Waals surface area (Å²) in [7, 11) is 0. The lowest BCUT2D eigenvalue weighted by atomic mass is 9.89. The van der Waals surface area contributed by atoms with Crippen molar-refractivity contribution in [1.29, 1.82) is 0 Å². The van der Waals surface area contributed by atoms with E-state index in [1.54, 1.807) is 12.1 Å². The fourth-order valence-electron chi connectivity index (χ4n) is 3.29. The molecule has 3 nitrogen and oxygen atoms in total. The fourth-order valence-corrected chi connectivity index (χ4v) is 4.00. The van der Waals surface area contributed by atoms with E-state index < -0.39 is 5.97 Å². The van der Waals surface area contributed by atoms with E-state index in [0.717, 1.165) is 53.6 Å². The second-order valence-corrected chi connectivity index (χ2v) is 7.00. The maximum atomic E-state index is 10.9. The largest absolute Gasteiger partial charge is 0.478 e. The maximum absolute atomic E-state index is 10.9. The molecule has 0 bridgehead atoms. The number of halogens is 2. The molecule has 1 aliphatic rings. The van der Waals surface area contributed by atoms with Gasteiger partial charge in [-0.1, -0.05) is 41.4 Å². The van der Waals surface area contributed by atoms with Crippen molar-refractivity contribution in [3.8, 4) is 0 Å². The molecule has 5 heteroatoms. The summed E-state index contributed by atoms with van der Waals surface area (Å²) in [6.07, 6.45) is 2.05. The predicted octanol–water partition coefficient (Wildman–Crippen LogP) is 5.07. The van der Waals surface area contributed by atoms with Gasteiger partial charge < -0.3 is 5.11 Å². The van der Waals surface area contributed by atoms with Crippen molar-refractivity contribution in [2.75, 3.05) is 13.1 Å². The van der Waals surface area contributed by atoms with Crippen LogP contribution in [0.15, 0.2) is 42.5 Å². The molecule has 126 valence electrons. The molecule has 0 radical (unpaired) electrons. The van der Waals surface area contributed by atoms with Gasteiger partial charge in [-0.2, -0.15) is 0 Å². The zero-order chi connectivity index (χ0) is 17.1. The number of rotatable bonds is 4. The van der Waals surface area contributed by atoms with Crippen LogP contribution >= 0.6 is 23.2 Å². The Labute approximate surface area is 151 Å². The summed E-state index contributed by atoms with van der Waals surface area (Å²) >= 11 is 12.6. The smallest absolute Gasteiger partial charge is 0.335 e. The lowest BCUT2D eigenvalue weighted by molar-refractivity contribution is 0.0697. The molecular formula is C19H19Cl2NO2. The van der Waals surface area contributed by atoms with Gasteiger partial charge in [-0.25, -0.2) is 4.79 Å². The maximum Gasteiger partial charge on any atom is 0.335 e. The summed E-state index contributed by atoms with van der Waals surface area (Å²) in [5.41, 5.74) is 2.53. The molecule has 1 fully saturated rings. The summed E-state index contributed by atoms with van der Waals surface area (Å²) in [6, 6.07) is 12.8. The Morgan fingerprint density at radius 1 is 1.04 bits per heavy atom. The van der Waals surface area contributed by atoms with Crippen molar-refractivity contribution in [2.24, 2.45) is 0 Å². The number of carboxylic acids is 1. The number of hydrogen-bond donors (Lipinski definition) is 1. The normalized spacial score (nSPS) is 16.2. The number of carboxylic acid groups (broad SMARTS) is 1. The van der Waals surface area contributed by atoms with Crippen LogP contribution in [-0.2, 0) is 6.54 Å². The minimum atomic E-state index is -0.890. The van der Waals surface area contributed by atoms with E-state index in [2.05, 4.69) is 4.90 Å². The monoisotopic (exact) mass is 363 g/mol. The van der Waals surface area contributed by atoms with Crippen LogP contribution in [0.3, 0.4) is 0 Å². The number of piperidine rings is 1. The summed E-state index contributed by atoms with van der Waals surface area (Å²) in [5, 5.41) is 10.5. The van der Waals surface area contributed by atoms with Gasteiger partial charge in [0.05, 0.1) is 5.56 Å². The van der Waals surface area contributed by atoms with Gasteiger partial charge in [0.1, 0.15) is 0 Å². The second-order valence-electron chi connectivity index (χ2n) is 6.19. The third-order valence-corrected chi connectivity index (χ3v) is 5.26. The van der Waals surface area contributed by atoms with Crippen molar-refractivity contribution in [3.05, 3.63) is 69.2 Å². The topological polar surface area (TPSA) is 40.5 Å². The average Bonchev–Trinajstić information content (AvgIpc) is 2.57. The van der Waals surface area contributed by atoms with Crippen molar-refractivity contribution in [3.63, 3.8) is 0 Å². The number of nitrogens with zero attached hydrogens (tertiary/aromatic N) is 1. The highest BCUT2D eigenvalue weighted by Crippen LogP contribution is 2.37. The van der Waals surface area contributed by atoms with Crippen molar-refractivity contribution in [1.82, 2.24) is 4.90 Å². The Bertz CT molecular complexity index is 702. The molecule has 0 saturated carbocycles. The Morgan fingerprint density at radius 2 is 1.62 bits per heavy atom. The minimum Gasteiger partial charge on any atom is -0.478 e. The van der Waals surface area contributed by atoms with Crippen LogP contribution in [0.2, 0.25) is 10.0 Å². The standard InChI is InChI=1S/C19H19Cl2NO2/c20-16-2-1-3-17(21)18(16)14-8-10-22(11-9-14)12-13-4-6-15(7-5-13)19(23)24/h1-7,14H,8-12H2,(H,23,24). The molecule has 1 aliphatic heterocycles. The molecule has 2 aromatic rings. The van der Waals surface area contributed by atoms with Gasteiger partial charge in [-0.05, 0) is 67.2 Å². The van der Waals surface area contributed by atoms with E-state index in [0.29, 0.717) is 11.5 Å².